The molecular formula is C21H28N2O4S. The van der Waals surface area contributed by atoms with E-state index in [2.05, 4.69) is 5.32 Å². The minimum Gasteiger partial charge on any atom is -0.382 e. The summed E-state index contributed by atoms with van der Waals surface area (Å²) in [6, 6.07) is 12.3. The maximum atomic E-state index is 12.8. The molecule has 0 saturated heterocycles. The minimum absolute atomic E-state index is 0.0458. The zero-order valence-electron chi connectivity index (χ0n) is 17.0. The lowest BCUT2D eigenvalue weighted by atomic mass is 10.1. The molecule has 0 fully saturated rings. The molecule has 2 aromatic carbocycles. The van der Waals surface area contributed by atoms with Gasteiger partial charge in [0.25, 0.3) is 0 Å². The second-order valence-electron chi connectivity index (χ2n) is 7.03. The van der Waals surface area contributed by atoms with Gasteiger partial charge in [0.2, 0.25) is 0 Å². The maximum absolute atomic E-state index is 12.8. The molecule has 2 aromatic rings. The van der Waals surface area contributed by atoms with Crippen LogP contribution < -0.4 is 9.50 Å². The van der Waals surface area contributed by atoms with Gasteiger partial charge in [-0.05, 0) is 75.6 Å². The van der Waals surface area contributed by atoms with Crippen LogP contribution >= 0.6 is 0 Å². The summed E-state index contributed by atoms with van der Waals surface area (Å²) in [4.78, 5) is 14.5. The molecule has 0 aliphatic heterocycles. The number of hydrogen-bond acceptors (Lipinski definition) is 4. The van der Waals surface area contributed by atoms with Crippen LogP contribution in [0, 0.1) is 13.8 Å². The number of urea groups is 1. The van der Waals surface area contributed by atoms with Crippen molar-refractivity contribution in [2.75, 3.05) is 11.1 Å². The van der Waals surface area contributed by atoms with Gasteiger partial charge in [-0.25, -0.2) is 4.79 Å². The molecule has 0 saturated carbocycles. The van der Waals surface area contributed by atoms with Crippen LogP contribution in [0.4, 0.5) is 10.5 Å². The van der Waals surface area contributed by atoms with Crippen molar-refractivity contribution in [3.05, 3.63) is 59.2 Å². The molecule has 1 N–H and O–H groups in total. The average Bonchev–Trinajstić information content (AvgIpc) is 2.62. The summed E-state index contributed by atoms with van der Waals surface area (Å²) in [6.07, 6.45) is 0. The molecule has 0 aromatic heterocycles. The zero-order chi connectivity index (χ0) is 20.9. The normalized spacial score (nSPS) is 11.4. The Morgan fingerprint density at radius 1 is 1.11 bits per heavy atom. The molecule has 2 amide bonds. The highest BCUT2D eigenvalue weighted by Crippen LogP contribution is 2.20. The molecule has 0 heterocycles. The van der Waals surface area contributed by atoms with Crippen molar-refractivity contribution in [1.82, 2.24) is 4.90 Å². The van der Waals surface area contributed by atoms with Crippen molar-refractivity contribution in [2.45, 2.75) is 47.2 Å². The Balaban J connectivity index is 2.16. The number of hydrogen-bond donors (Lipinski definition) is 1. The van der Waals surface area contributed by atoms with Gasteiger partial charge in [-0.15, -0.1) is 0 Å². The molecule has 152 valence electrons. The van der Waals surface area contributed by atoms with Gasteiger partial charge in [0, 0.05) is 18.3 Å². The number of carbonyl (C=O) groups excluding carboxylic acids is 1. The molecule has 2 rings (SSSR count). The molecule has 0 atom stereocenters. The van der Waals surface area contributed by atoms with Gasteiger partial charge in [0.1, 0.15) is 5.75 Å². The van der Waals surface area contributed by atoms with E-state index in [1.807, 2.05) is 52.0 Å². The van der Waals surface area contributed by atoms with Crippen LogP contribution in [0.1, 0.15) is 37.5 Å². The van der Waals surface area contributed by atoms with Gasteiger partial charge in [0.15, 0.2) is 0 Å². The number of rotatable bonds is 7. The first-order chi connectivity index (χ1) is 13.1. The Labute approximate surface area is 167 Å². The van der Waals surface area contributed by atoms with Gasteiger partial charge in [-0.2, -0.15) is 8.42 Å². The summed E-state index contributed by atoms with van der Waals surface area (Å²) in [5.41, 5.74) is 3.80. The van der Waals surface area contributed by atoms with Crippen LogP contribution in [0.3, 0.4) is 0 Å². The maximum Gasteiger partial charge on any atom is 0.322 e. The van der Waals surface area contributed by atoms with Crippen molar-refractivity contribution in [1.29, 1.82) is 0 Å². The fraction of sp³-hybridized carbons (Fsp3) is 0.381. The lowest BCUT2D eigenvalue weighted by Crippen LogP contribution is -2.39. The van der Waals surface area contributed by atoms with Crippen molar-refractivity contribution in [2.24, 2.45) is 0 Å². The van der Waals surface area contributed by atoms with Crippen LogP contribution in [-0.4, -0.2) is 31.1 Å². The van der Waals surface area contributed by atoms with E-state index in [1.165, 1.54) is 6.92 Å². The quantitative estimate of drug-likeness (QED) is 0.691. The Hall–Kier alpha value is -2.54. The number of aryl methyl sites for hydroxylation is 2. The zero-order valence-corrected chi connectivity index (χ0v) is 17.8. The van der Waals surface area contributed by atoms with Gasteiger partial charge in [0.05, 0.1) is 5.75 Å². The summed E-state index contributed by atoms with van der Waals surface area (Å²) in [7, 11) is -3.59. The highest BCUT2D eigenvalue weighted by atomic mass is 32.2. The Morgan fingerprint density at radius 3 is 2.43 bits per heavy atom. The second kappa shape index (κ2) is 9.10. The smallest absolute Gasteiger partial charge is 0.322 e. The van der Waals surface area contributed by atoms with Crippen LogP contribution in [-0.2, 0) is 16.7 Å². The molecule has 0 unspecified atom stereocenters. The first-order valence-corrected chi connectivity index (χ1v) is 10.8. The van der Waals surface area contributed by atoms with Gasteiger partial charge >= 0.3 is 16.1 Å². The van der Waals surface area contributed by atoms with Crippen molar-refractivity contribution < 1.29 is 17.4 Å². The lowest BCUT2D eigenvalue weighted by Gasteiger charge is -2.27. The monoisotopic (exact) mass is 404 g/mol. The molecule has 6 nitrogen and oxygen atoms in total. The van der Waals surface area contributed by atoms with Crippen LogP contribution in [0.2, 0.25) is 0 Å². The van der Waals surface area contributed by atoms with E-state index in [4.69, 9.17) is 4.18 Å². The summed E-state index contributed by atoms with van der Waals surface area (Å²) in [6.45, 7) is 9.74. The molecule has 0 bridgehead atoms. The minimum atomic E-state index is -3.59. The molecule has 7 heteroatoms. The molecule has 0 radical (unpaired) electrons. The van der Waals surface area contributed by atoms with E-state index in [0.717, 1.165) is 22.4 Å². The molecule has 0 spiro atoms. The average molecular weight is 405 g/mol. The Morgan fingerprint density at radius 2 is 1.82 bits per heavy atom. The SMILES string of the molecule is CCS(=O)(=O)Oc1cccc(CN(C(=O)Nc2ccc(C)c(C)c2)C(C)C)c1. The largest absolute Gasteiger partial charge is 0.382 e. The molecule has 28 heavy (non-hydrogen) atoms. The third-order valence-electron chi connectivity index (χ3n) is 4.47. The standard InChI is InChI=1S/C21H28N2O4S/c1-6-28(25,26)27-20-9-7-8-18(13-20)14-23(15(2)3)21(24)22-19-11-10-16(4)17(5)12-19/h7-13,15H,6,14H2,1-5H3,(H,22,24). The highest BCUT2D eigenvalue weighted by Gasteiger charge is 2.18. The van der Waals surface area contributed by atoms with E-state index in [1.54, 1.807) is 23.1 Å². The predicted molar refractivity (Wildman–Crippen MR) is 112 cm³/mol. The number of anilines is 1. The first kappa shape index (κ1) is 21.8. The van der Waals surface area contributed by atoms with E-state index < -0.39 is 10.1 Å². The summed E-state index contributed by atoms with van der Waals surface area (Å²) >= 11 is 0. The topological polar surface area (TPSA) is 75.7 Å². The van der Waals surface area contributed by atoms with E-state index in [0.29, 0.717) is 6.54 Å². The highest BCUT2D eigenvalue weighted by molar-refractivity contribution is 7.87. The fourth-order valence-corrected chi connectivity index (χ4v) is 3.12. The summed E-state index contributed by atoms with van der Waals surface area (Å²) in [5.74, 6) is 0.144. The Kier molecular flexibility index (Phi) is 7.07. The number of nitrogens with one attached hydrogen (secondary N) is 1. The number of carbonyl (C=O) groups is 1. The van der Waals surface area contributed by atoms with E-state index in [-0.39, 0.29) is 23.6 Å². The lowest BCUT2D eigenvalue weighted by molar-refractivity contribution is 0.193. The molecule has 0 aliphatic rings. The predicted octanol–water partition coefficient (Wildman–Crippen LogP) is 4.47. The van der Waals surface area contributed by atoms with Crippen molar-refractivity contribution in [3.63, 3.8) is 0 Å². The number of benzene rings is 2. The van der Waals surface area contributed by atoms with Crippen LogP contribution in [0.5, 0.6) is 5.75 Å². The van der Waals surface area contributed by atoms with Crippen molar-refractivity contribution >= 4 is 21.8 Å². The van der Waals surface area contributed by atoms with Crippen LogP contribution in [0.25, 0.3) is 0 Å². The third kappa shape index (κ3) is 5.99. The fourth-order valence-electron chi connectivity index (χ4n) is 2.60. The van der Waals surface area contributed by atoms with Gasteiger partial charge in [-0.3, -0.25) is 0 Å². The second-order valence-corrected chi connectivity index (χ2v) is 8.89. The molecular weight excluding hydrogens is 376 g/mol. The summed E-state index contributed by atoms with van der Waals surface area (Å²) in [5, 5.41) is 2.93. The van der Waals surface area contributed by atoms with Crippen LogP contribution in [0.15, 0.2) is 42.5 Å². The van der Waals surface area contributed by atoms with E-state index in [9.17, 15) is 13.2 Å². The Bertz CT molecular complexity index is 939. The van der Waals surface area contributed by atoms with Gasteiger partial charge < -0.3 is 14.4 Å². The van der Waals surface area contributed by atoms with Crippen molar-refractivity contribution in [3.8, 4) is 5.75 Å². The van der Waals surface area contributed by atoms with E-state index >= 15 is 0 Å². The number of nitrogens with zero attached hydrogens (tertiary/aromatic N) is 1. The number of amides is 2. The first-order valence-electron chi connectivity index (χ1n) is 9.27. The molecule has 0 aliphatic carbocycles. The summed E-state index contributed by atoms with van der Waals surface area (Å²) < 4.78 is 28.4. The third-order valence-corrected chi connectivity index (χ3v) is 5.62. The van der Waals surface area contributed by atoms with Gasteiger partial charge in [-0.1, -0.05) is 18.2 Å².